The molecule has 17 heavy (non-hydrogen) atoms. The molecule has 0 radical (unpaired) electrons. The van der Waals surface area contributed by atoms with Crippen molar-refractivity contribution in [2.75, 3.05) is 0 Å². The molecule has 1 heteroatoms. The number of aliphatic hydroxyl groups is 1. The summed E-state index contributed by atoms with van der Waals surface area (Å²) < 4.78 is 0. The van der Waals surface area contributed by atoms with Gasteiger partial charge in [0.15, 0.2) is 0 Å². The van der Waals surface area contributed by atoms with Gasteiger partial charge in [0.05, 0.1) is 6.10 Å². The molecule has 3 saturated carbocycles. The van der Waals surface area contributed by atoms with Crippen molar-refractivity contribution in [3.05, 3.63) is 0 Å². The zero-order valence-corrected chi connectivity index (χ0v) is 11.4. The van der Waals surface area contributed by atoms with Crippen molar-refractivity contribution in [1.82, 2.24) is 0 Å². The van der Waals surface area contributed by atoms with Crippen LogP contribution in [0.25, 0.3) is 0 Å². The molecule has 1 N–H and O–H groups in total. The second-order valence-corrected chi connectivity index (χ2v) is 7.11. The van der Waals surface area contributed by atoms with Gasteiger partial charge in [-0.2, -0.15) is 0 Å². The zero-order chi connectivity index (χ0) is 12.0. The predicted molar refractivity (Wildman–Crippen MR) is 70.6 cm³/mol. The van der Waals surface area contributed by atoms with Gasteiger partial charge in [-0.25, -0.2) is 0 Å². The third kappa shape index (κ3) is 1.85. The minimum atomic E-state index is 0.0248. The Hall–Kier alpha value is -0.0400. The number of hydrogen-bond acceptors (Lipinski definition) is 1. The van der Waals surface area contributed by atoms with Crippen LogP contribution in [0.4, 0.5) is 0 Å². The first-order chi connectivity index (χ1) is 8.20. The average Bonchev–Trinajstić information content (AvgIpc) is 2.36. The fourth-order valence-electron chi connectivity index (χ4n) is 5.55. The van der Waals surface area contributed by atoms with E-state index in [-0.39, 0.29) is 6.10 Å². The van der Waals surface area contributed by atoms with Crippen molar-refractivity contribution in [2.45, 2.75) is 64.9 Å². The maximum Gasteiger partial charge on any atom is 0.0604 e. The first-order valence-electron chi connectivity index (χ1n) is 7.88. The maximum atomic E-state index is 10.8. The van der Waals surface area contributed by atoms with E-state index in [0.29, 0.717) is 11.8 Å². The van der Waals surface area contributed by atoms with Gasteiger partial charge in [-0.15, -0.1) is 0 Å². The van der Waals surface area contributed by atoms with E-state index in [0.717, 1.165) is 23.7 Å². The molecule has 0 saturated heterocycles. The van der Waals surface area contributed by atoms with E-state index < -0.39 is 0 Å². The highest BCUT2D eigenvalue weighted by atomic mass is 16.3. The fraction of sp³-hybridized carbons (Fsp3) is 1.00. The molecule has 0 aromatic carbocycles. The smallest absolute Gasteiger partial charge is 0.0604 e. The third-order valence-electron chi connectivity index (χ3n) is 6.41. The first kappa shape index (κ1) is 12.0. The van der Waals surface area contributed by atoms with E-state index in [1.54, 1.807) is 0 Å². The number of fused-ring (bicyclic) bond motifs is 2. The topological polar surface area (TPSA) is 20.2 Å². The monoisotopic (exact) mass is 236 g/mol. The summed E-state index contributed by atoms with van der Waals surface area (Å²) in [6.07, 6.45) is 9.61. The molecule has 0 aromatic rings. The van der Waals surface area contributed by atoms with Crippen LogP contribution in [-0.4, -0.2) is 11.2 Å². The molecule has 0 amide bonds. The van der Waals surface area contributed by atoms with Gasteiger partial charge in [0, 0.05) is 0 Å². The minimum absolute atomic E-state index is 0.0248. The van der Waals surface area contributed by atoms with E-state index in [4.69, 9.17) is 0 Å². The standard InChI is InChI=1S/C16H28O/c1-10-6-5-9-13-11(2)12-7-3-4-8-14(12)16(17)15(10)13/h10-17H,3-9H2,1-2H3. The van der Waals surface area contributed by atoms with Gasteiger partial charge in [0.1, 0.15) is 0 Å². The number of hydrogen-bond donors (Lipinski definition) is 1. The van der Waals surface area contributed by atoms with Crippen molar-refractivity contribution in [3.63, 3.8) is 0 Å². The normalized spacial score (nSPS) is 54.9. The fourth-order valence-corrected chi connectivity index (χ4v) is 5.55. The molecule has 1 nitrogen and oxygen atoms in total. The van der Waals surface area contributed by atoms with Crippen LogP contribution in [0, 0.1) is 35.5 Å². The Morgan fingerprint density at radius 1 is 0.765 bits per heavy atom. The Bertz CT molecular complexity index is 275. The van der Waals surface area contributed by atoms with Crippen LogP contribution in [0.3, 0.4) is 0 Å². The zero-order valence-electron chi connectivity index (χ0n) is 11.4. The van der Waals surface area contributed by atoms with E-state index >= 15 is 0 Å². The summed E-state index contributed by atoms with van der Waals surface area (Å²) in [7, 11) is 0. The Labute approximate surface area is 106 Å². The molecule has 3 aliphatic carbocycles. The highest BCUT2D eigenvalue weighted by Gasteiger charge is 2.50. The van der Waals surface area contributed by atoms with Crippen molar-refractivity contribution in [3.8, 4) is 0 Å². The Morgan fingerprint density at radius 2 is 1.41 bits per heavy atom. The summed E-state index contributed by atoms with van der Waals surface area (Å²) >= 11 is 0. The van der Waals surface area contributed by atoms with Gasteiger partial charge in [0.25, 0.3) is 0 Å². The van der Waals surface area contributed by atoms with Crippen LogP contribution in [0.1, 0.15) is 58.8 Å². The lowest BCUT2D eigenvalue weighted by Gasteiger charge is -2.55. The molecule has 98 valence electrons. The van der Waals surface area contributed by atoms with E-state index in [1.165, 1.54) is 44.9 Å². The SMILES string of the molecule is CC1CCCC2C(C)C3CCCCC3C(O)C12. The molecular formula is C16H28O. The minimum Gasteiger partial charge on any atom is -0.393 e. The van der Waals surface area contributed by atoms with Gasteiger partial charge in [-0.3, -0.25) is 0 Å². The summed E-state index contributed by atoms with van der Waals surface area (Å²) in [4.78, 5) is 0. The maximum absolute atomic E-state index is 10.8. The van der Waals surface area contributed by atoms with Crippen LogP contribution in [0.5, 0.6) is 0 Å². The summed E-state index contributed by atoms with van der Waals surface area (Å²) in [5.41, 5.74) is 0. The average molecular weight is 236 g/mol. The molecule has 0 aromatic heterocycles. The Morgan fingerprint density at radius 3 is 2.18 bits per heavy atom. The molecule has 3 fully saturated rings. The van der Waals surface area contributed by atoms with Crippen LogP contribution in [-0.2, 0) is 0 Å². The van der Waals surface area contributed by atoms with Gasteiger partial charge in [-0.05, 0) is 54.8 Å². The van der Waals surface area contributed by atoms with Crippen molar-refractivity contribution >= 4 is 0 Å². The molecule has 3 aliphatic rings. The van der Waals surface area contributed by atoms with Gasteiger partial charge < -0.3 is 5.11 Å². The van der Waals surface area contributed by atoms with Gasteiger partial charge in [-0.1, -0.05) is 39.5 Å². The highest BCUT2D eigenvalue weighted by Crippen LogP contribution is 2.54. The largest absolute Gasteiger partial charge is 0.393 e. The molecule has 0 aliphatic heterocycles. The quantitative estimate of drug-likeness (QED) is 0.677. The van der Waals surface area contributed by atoms with Gasteiger partial charge >= 0.3 is 0 Å². The van der Waals surface area contributed by atoms with Crippen LogP contribution in [0.2, 0.25) is 0 Å². The lowest BCUT2D eigenvalue weighted by atomic mass is 9.52. The van der Waals surface area contributed by atoms with Gasteiger partial charge in [0.2, 0.25) is 0 Å². The molecular weight excluding hydrogens is 208 g/mol. The van der Waals surface area contributed by atoms with Crippen molar-refractivity contribution < 1.29 is 5.11 Å². The highest BCUT2D eigenvalue weighted by molar-refractivity contribution is 4.99. The lowest BCUT2D eigenvalue weighted by Crippen LogP contribution is -2.53. The van der Waals surface area contributed by atoms with E-state index in [9.17, 15) is 5.11 Å². The summed E-state index contributed by atoms with van der Waals surface area (Å²) in [5, 5.41) is 10.8. The Balaban J connectivity index is 1.86. The summed E-state index contributed by atoms with van der Waals surface area (Å²) in [5.74, 6) is 4.56. The second-order valence-electron chi connectivity index (χ2n) is 7.11. The van der Waals surface area contributed by atoms with E-state index in [2.05, 4.69) is 13.8 Å². The Kier molecular flexibility index (Phi) is 3.23. The van der Waals surface area contributed by atoms with Crippen LogP contribution < -0.4 is 0 Å². The summed E-state index contributed by atoms with van der Waals surface area (Å²) in [6, 6.07) is 0. The second kappa shape index (κ2) is 4.57. The predicted octanol–water partition coefficient (Wildman–Crippen LogP) is 3.86. The molecule has 0 spiro atoms. The molecule has 7 unspecified atom stereocenters. The first-order valence-corrected chi connectivity index (χ1v) is 7.88. The lowest BCUT2D eigenvalue weighted by molar-refractivity contribution is -0.122. The molecule has 7 atom stereocenters. The van der Waals surface area contributed by atoms with Crippen molar-refractivity contribution in [1.29, 1.82) is 0 Å². The third-order valence-corrected chi connectivity index (χ3v) is 6.41. The van der Waals surface area contributed by atoms with Crippen LogP contribution >= 0.6 is 0 Å². The number of rotatable bonds is 0. The van der Waals surface area contributed by atoms with Crippen LogP contribution in [0.15, 0.2) is 0 Å². The summed E-state index contributed by atoms with van der Waals surface area (Å²) in [6.45, 7) is 4.88. The van der Waals surface area contributed by atoms with Crippen molar-refractivity contribution in [2.24, 2.45) is 35.5 Å². The number of aliphatic hydroxyl groups excluding tert-OH is 1. The van der Waals surface area contributed by atoms with E-state index in [1.807, 2.05) is 0 Å². The molecule has 0 heterocycles. The molecule has 0 bridgehead atoms. The molecule has 3 rings (SSSR count).